The fraction of sp³-hybridized carbons (Fsp3) is 0.185. The predicted octanol–water partition coefficient (Wildman–Crippen LogP) is 5.29. The van der Waals surface area contributed by atoms with Crippen LogP contribution in [0.1, 0.15) is 12.1 Å². The normalized spacial score (nSPS) is 14.8. The summed E-state index contributed by atoms with van der Waals surface area (Å²) in [6.45, 7) is 4.97. The number of carbonyl (C=O) groups excluding carboxylic acids is 1. The number of aromatic nitrogens is 3. The molecule has 2 aromatic heterocycles. The van der Waals surface area contributed by atoms with E-state index in [1.807, 2.05) is 24.3 Å². The number of rotatable bonds is 9. The molecule has 188 valence electrons. The monoisotopic (exact) mass is 517 g/mol. The number of amides is 1. The van der Waals surface area contributed by atoms with Crippen molar-refractivity contribution in [3.05, 3.63) is 84.4 Å². The van der Waals surface area contributed by atoms with E-state index in [1.165, 1.54) is 12.4 Å². The zero-order valence-electron chi connectivity index (χ0n) is 19.8. The molecule has 0 spiro atoms. The summed E-state index contributed by atoms with van der Waals surface area (Å²) < 4.78 is 17.3. The maximum Gasteiger partial charge on any atom is 0.247 e. The third kappa shape index (κ3) is 5.96. The summed E-state index contributed by atoms with van der Waals surface area (Å²) in [7, 11) is 0. The average Bonchev–Trinajstić information content (AvgIpc) is 3.42. The standard InChI is InChI=1S/C27H24ClN5O4/c1-2-26(34)33-23-12-20-22(13-25(23)37-19-8-10-35-15-19)30-16-31-27(20)32-17-6-7-24(21(28)11-17)36-14-18-5-3-4-9-29-18/h2-7,9,11-13,16,19H,1,8,10,14-15H2,(H,33,34)(H,30,31,32)/t19-/m1/s1. The summed E-state index contributed by atoms with van der Waals surface area (Å²) in [5, 5.41) is 7.21. The van der Waals surface area contributed by atoms with E-state index in [4.69, 9.17) is 25.8 Å². The molecule has 2 N–H and O–H groups in total. The minimum absolute atomic E-state index is 0.100. The smallest absolute Gasteiger partial charge is 0.247 e. The number of anilines is 3. The Bertz CT molecular complexity index is 1430. The van der Waals surface area contributed by atoms with E-state index in [9.17, 15) is 4.79 Å². The minimum Gasteiger partial charge on any atom is -0.486 e. The molecule has 3 heterocycles. The van der Waals surface area contributed by atoms with Crippen molar-refractivity contribution >= 4 is 45.6 Å². The number of carbonyl (C=O) groups is 1. The molecular weight excluding hydrogens is 494 g/mol. The van der Waals surface area contributed by atoms with E-state index in [-0.39, 0.29) is 12.0 Å². The number of hydrogen-bond donors (Lipinski definition) is 2. The highest BCUT2D eigenvalue weighted by molar-refractivity contribution is 6.32. The van der Waals surface area contributed by atoms with Crippen molar-refractivity contribution < 1.29 is 19.0 Å². The Morgan fingerprint density at radius 3 is 2.84 bits per heavy atom. The molecule has 1 atom stereocenters. The lowest BCUT2D eigenvalue weighted by molar-refractivity contribution is -0.111. The van der Waals surface area contributed by atoms with E-state index in [0.717, 1.165) is 12.1 Å². The molecule has 9 nitrogen and oxygen atoms in total. The van der Waals surface area contributed by atoms with Crippen molar-refractivity contribution in [3.63, 3.8) is 0 Å². The number of halogens is 1. The van der Waals surface area contributed by atoms with Gasteiger partial charge in [0.25, 0.3) is 0 Å². The van der Waals surface area contributed by atoms with Crippen molar-refractivity contribution in [1.29, 1.82) is 0 Å². The van der Waals surface area contributed by atoms with Crippen LogP contribution in [0.5, 0.6) is 11.5 Å². The molecule has 0 unspecified atom stereocenters. The van der Waals surface area contributed by atoms with Crippen LogP contribution in [0.4, 0.5) is 17.2 Å². The topological polar surface area (TPSA) is 107 Å². The van der Waals surface area contributed by atoms with Crippen LogP contribution in [-0.4, -0.2) is 40.2 Å². The predicted molar refractivity (Wildman–Crippen MR) is 142 cm³/mol. The van der Waals surface area contributed by atoms with Crippen LogP contribution < -0.4 is 20.1 Å². The van der Waals surface area contributed by atoms with E-state index >= 15 is 0 Å². The highest BCUT2D eigenvalue weighted by Crippen LogP contribution is 2.36. The Hall–Kier alpha value is -4.21. The first-order chi connectivity index (χ1) is 18.1. The third-order valence-electron chi connectivity index (χ3n) is 5.66. The first-order valence-corrected chi connectivity index (χ1v) is 12.0. The summed E-state index contributed by atoms with van der Waals surface area (Å²) in [4.78, 5) is 25.2. The van der Waals surface area contributed by atoms with Crippen LogP contribution in [0, 0.1) is 0 Å². The van der Waals surface area contributed by atoms with Crippen LogP contribution in [0.25, 0.3) is 10.9 Å². The van der Waals surface area contributed by atoms with Crippen molar-refractivity contribution in [3.8, 4) is 11.5 Å². The first kappa shape index (κ1) is 24.5. The van der Waals surface area contributed by atoms with Gasteiger partial charge < -0.3 is 24.8 Å². The molecule has 2 aromatic carbocycles. The largest absolute Gasteiger partial charge is 0.486 e. The number of fused-ring (bicyclic) bond motifs is 1. The molecular formula is C27H24ClN5O4. The van der Waals surface area contributed by atoms with Gasteiger partial charge in [0.1, 0.15) is 36.4 Å². The molecule has 0 radical (unpaired) electrons. The Kier molecular flexibility index (Phi) is 7.43. The van der Waals surface area contributed by atoms with Crippen LogP contribution >= 0.6 is 11.6 Å². The van der Waals surface area contributed by atoms with Gasteiger partial charge >= 0.3 is 0 Å². The fourth-order valence-corrected chi connectivity index (χ4v) is 4.05. The summed E-state index contributed by atoms with van der Waals surface area (Å²) in [6, 6.07) is 14.6. The second-order valence-electron chi connectivity index (χ2n) is 8.26. The maximum atomic E-state index is 12.1. The van der Waals surface area contributed by atoms with Crippen molar-refractivity contribution in [2.24, 2.45) is 0 Å². The van der Waals surface area contributed by atoms with Crippen LogP contribution in [-0.2, 0) is 16.1 Å². The van der Waals surface area contributed by atoms with Crippen LogP contribution in [0.2, 0.25) is 5.02 Å². The Labute approximate surface area is 218 Å². The molecule has 37 heavy (non-hydrogen) atoms. The van der Waals surface area contributed by atoms with Crippen LogP contribution in [0.3, 0.4) is 0 Å². The molecule has 0 bridgehead atoms. The second kappa shape index (κ2) is 11.2. The highest BCUT2D eigenvalue weighted by Gasteiger charge is 2.20. The summed E-state index contributed by atoms with van der Waals surface area (Å²) >= 11 is 6.48. The average molecular weight is 518 g/mol. The molecule has 5 rings (SSSR count). The van der Waals surface area contributed by atoms with Gasteiger partial charge in [-0.3, -0.25) is 9.78 Å². The molecule has 1 amide bonds. The Balaban J connectivity index is 1.40. The van der Waals surface area contributed by atoms with Gasteiger partial charge in [0.15, 0.2) is 0 Å². The molecule has 1 aliphatic rings. The molecule has 0 saturated carbocycles. The second-order valence-corrected chi connectivity index (χ2v) is 8.67. The van der Waals surface area contributed by atoms with E-state index < -0.39 is 0 Å². The molecule has 0 aliphatic carbocycles. The number of ether oxygens (including phenoxy) is 3. The number of nitrogens with one attached hydrogen (secondary N) is 2. The summed E-state index contributed by atoms with van der Waals surface area (Å²) in [6.07, 6.45) is 5.04. The van der Waals surface area contributed by atoms with Crippen molar-refractivity contribution in [2.75, 3.05) is 23.8 Å². The lowest BCUT2D eigenvalue weighted by Crippen LogP contribution is -2.18. The van der Waals surface area contributed by atoms with Crippen molar-refractivity contribution in [2.45, 2.75) is 19.1 Å². The van der Waals surface area contributed by atoms with E-state index in [1.54, 1.807) is 30.5 Å². The fourth-order valence-electron chi connectivity index (χ4n) is 3.82. The lowest BCUT2D eigenvalue weighted by Gasteiger charge is -2.17. The van der Waals surface area contributed by atoms with E-state index in [2.05, 4.69) is 32.2 Å². The Morgan fingerprint density at radius 1 is 1.16 bits per heavy atom. The van der Waals surface area contributed by atoms with Gasteiger partial charge in [-0.2, -0.15) is 0 Å². The zero-order valence-corrected chi connectivity index (χ0v) is 20.6. The van der Waals surface area contributed by atoms with Gasteiger partial charge in [0.05, 0.1) is 35.1 Å². The van der Waals surface area contributed by atoms with Gasteiger partial charge in [-0.1, -0.05) is 24.2 Å². The number of hydrogen-bond acceptors (Lipinski definition) is 8. The van der Waals surface area contributed by atoms with Gasteiger partial charge in [-0.05, 0) is 42.5 Å². The lowest BCUT2D eigenvalue weighted by atomic mass is 10.1. The molecule has 1 saturated heterocycles. The number of pyridine rings is 1. The van der Waals surface area contributed by atoms with Gasteiger partial charge in [-0.15, -0.1) is 0 Å². The first-order valence-electron chi connectivity index (χ1n) is 11.6. The third-order valence-corrected chi connectivity index (χ3v) is 5.95. The van der Waals surface area contributed by atoms with Crippen LogP contribution in [0.15, 0.2) is 73.7 Å². The van der Waals surface area contributed by atoms with Crippen molar-refractivity contribution in [1.82, 2.24) is 15.0 Å². The van der Waals surface area contributed by atoms with E-state index in [0.29, 0.717) is 64.4 Å². The maximum absolute atomic E-state index is 12.1. The molecule has 1 fully saturated rings. The highest BCUT2D eigenvalue weighted by atomic mass is 35.5. The van der Waals surface area contributed by atoms with Gasteiger partial charge in [0, 0.05) is 29.8 Å². The minimum atomic E-state index is -0.355. The SMILES string of the molecule is C=CC(=O)Nc1cc2c(Nc3ccc(OCc4ccccn4)c(Cl)c3)ncnc2cc1O[C@@H]1CCOC1. The summed E-state index contributed by atoms with van der Waals surface area (Å²) in [5.74, 6) is 1.22. The molecule has 4 aromatic rings. The molecule has 10 heteroatoms. The zero-order chi connectivity index (χ0) is 25.6. The Morgan fingerprint density at radius 2 is 2.08 bits per heavy atom. The van der Waals surface area contributed by atoms with Gasteiger partial charge in [0.2, 0.25) is 5.91 Å². The number of nitrogens with zero attached hydrogens (tertiary/aromatic N) is 3. The quantitative estimate of drug-likeness (QED) is 0.288. The molecule has 1 aliphatic heterocycles. The number of benzene rings is 2. The van der Waals surface area contributed by atoms with Gasteiger partial charge in [-0.25, -0.2) is 9.97 Å². The summed E-state index contributed by atoms with van der Waals surface area (Å²) in [5.41, 5.74) is 2.63.